The summed E-state index contributed by atoms with van der Waals surface area (Å²) in [5.41, 5.74) is -0.419. The third-order valence-electron chi connectivity index (χ3n) is 3.98. The van der Waals surface area contributed by atoms with Gasteiger partial charge in [0.05, 0.1) is 16.3 Å². The van der Waals surface area contributed by atoms with Crippen LogP contribution in [0.25, 0.3) is 0 Å². The van der Waals surface area contributed by atoms with Gasteiger partial charge < -0.3 is 9.64 Å². The molecule has 1 amide bonds. The van der Waals surface area contributed by atoms with Crippen LogP contribution in [0, 0.1) is 0 Å². The van der Waals surface area contributed by atoms with Crippen molar-refractivity contribution in [2.45, 2.75) is 6.18 Å². The number of benzene rings is 2. The number of aryl methyl sites for hydroxylation is 1. The Kier molecular flexibility index (Phi) is 5.77. The van der Waals surface area contributed by atoms with Gasteiger partial charge in [0.15, 0.2) is 0 Å². The molecule has 0 fully saturated rings. The van der Waals surface area contributed by atoms with Gasteiger partial charge in [-0.1, -0.05) is 29.3 Å². The summed E-state index contributed by atoms with van der Waals surface area (Å²) in [7, 11) is 3.06. The Morgan fingerprint density at radius 1 is 1.17 bits per heavy atom. The lowest BCUT2D eigenvalue weighted by Crippen LogP contribution is -2.26. The molecule has 5 nitrogen and oxygen atoms in total. The van der Waals surface area contributed by atoms with Crippen LogP contribution in [-0.4, -0.2) is 22.7 Å². The van der Waals surface area contributed by atoms with Crippen molar-refractivity contribution in [1.29, 1.82) is 0 Å². The van der Waals surface area contributed by atoms with Crippen molar-refractivity contribution in [1.82, 2.24) is 9.78 Å². The number of carbonyl (C=O) groups excluding carboxylic acids is 1. The first-order valence-corrected chi connectivity index (χ1v) is 8.93. The van der Waals surface area contributed by atoms with Crippen molar-refractivity contribution >= 4 is 34.8 Å². The van der Waals surface area contributed by atoms with Crippen molar-refractivity contribution in [2.75, 3.05) is 11.9 Å². The Bertz CT molecular complexity index is 1070. The normalized spacial score (nSPS) is 11.4. The quantitative estimate of drug-likeness (QED) is 0.510. The minimum absolute atomic E-state index is 0.0541. The Morgan fingerprint density at radius 3 is 2.55 bits per heavy atom. The van der Waals surface area contributed by atoms with Crippen LogP contribution in [0.5, 0.6) is 11.6 Å². The van der Waals surface area contributed by atoms with Gasteiger partial charge in [0.25, 0.3) is 11.8 Å². The second-order valence-corrected chi connectivity index (χ2v) is 6.95. The number of aromatic nitrogens is 2. The number of nitrogens with zero attached hydrogens (tertiary/aromatic N) is 3. The summed E-state index contributed by atoms with van der Waals surface area (Å²) in [6.07, 6.45) is -3.11. The minimum Gasteiger partial charge on any atom is -0.437 e. The van der Waals surface area contributed by atoms with Gasteiger partial charge in [-0.05, 0) is 36.4 Å². The fourth-order valence-electron chi connectivity index (χ4n) is 2.58. The third kappa shape index (κ3) is 4.65. The maximum absolute atomic E-state index is 13.0. The number of hydrogen-bond acceptors (Lipinski definition) is 3. The predicted molar refractivity (Wildman–Crippen MR) is 104 cm³/mol. The number of hydrogen-bond donors (Lipinski definition) is 0. The molecule has 1 heterocycles. The molecule has 0 radical (unpaired) electrons. The molecule has 0 spiro atoms. The SMILES string of the molecule is CN(C(=O)c1cn(C)nc1Oc1cccc(C(F)(F)F)c1)c1ccc(Cl)cc1Cl. The third-order valence-corrected chi connectivity index (χ3v) is 4.51. The molecular weight excluding hydrogens is 430 g/mol. The number of rotatable bonds is 4. The number of halogens is 5. The molecule has 0 N–H and O–H groups in total. The molecule has 2 aromatic carbocycles. The van der Waals surface area contributed by atoms with Crippen molar-refractivity contribution in [3.05, 3.63) is 69.8 Å². The molecule has 0 atom stereocenters. The maximum Gasteiger partial charge on any atom is 0.416 e. The van der Waals surface area contributed by atoms with Crippen LogP contribution in [0.3, 0.4) is 0 Å². The van der Waals surface area contributed by atoms with Crippen LogP contribution in [-0.2, 0) is 13.2 Å². The van der Waals surface area contributed by atoms with Gasteiger partial charge in [0, 0.05) is 25.3 Å². The Labute approximate surface area is 174 Å². The van der Waals surface area contributed by atoms with Gasteiger partial charge in [-0.15, -0.1) is 5.10 Å². The van der Waals surface area contributed by atoms with Crippen LogP contribution < -0.4 is 9.64 Å². The molecule has 3 aromatic rings. The number of carbonyl (C=O) groups is 1. The lowest BCUT2D eigenvalue weighted by molar-refractivity contribution is -0.137. The molecule has 0 aliphatic carbocycles. The molecule has 0 aliphatic rings. The fraction of sp³-hybridized carbons (Fsp3) is 0.158. The van der Waals surface area contributed by atoms with E-state index >= 15 is 0 Å². The molecule has 0 saturated carbocycles. The summed E-state index contributed by atoms with van der Waals surface area (Å²) in [6, 6.07) is 8.96. The van der Waals surface area contributed by atoms with E-state index in [4.69, 9.17) is 27.9 Å². The summed E-state index contributed by atoms with van der Waals surface area (Å²) in [4.78, 5) is 14.2. The molecule has 10 heteroatoms. The number of ether oxygens (including phenoxy) is 1. The first kappa shape index (κ1) is 21.0. The largest absolute Gasteiger partial charge is 0.437 e. The summed E-state index contributed by atoms with van der Waals surface area (Å²) >= 11 is 12.0. The monoisotopic (exact) mass is 443 g/mol. The highest BCUT2D eigenvalue weighted by Crippen LogP contribution is 2.34. The molecule has 1 aromatic heterocycles. The highest BCUT2D eigenvalue weighted by Gasteiger charge is 2.31. The lowest BCUT2D eigenvalue weighted by Gasteiger charge is -2.18. The van der Waals surface area contributed by atoms with E-state index in [1.807, 2.05) is 0 Å². The zero-order chi connectivity index (χ0) is 21.3. The van der Waals surface area contributed by atoms with Gasteiger partial charge in [-0.2, -0.15) is 13.2 Å². The van der Waals surface area contributed by atoms with E-state index in [-0.39, 0.29) is 22.2 Å². The van der Waals surface area contributed by atoms with Crippen molar-refractivity contribution in [3.63, 3.8) is 0 Å². The predicted octanol–water partition coefficient (Wildman–Crippen LogP) is 5.81. The van der Waals surface area contributed by atoms with Crippen LogP contribution >= 0.6 is 23.2 Å². The number of anilines is 1. The summed E-state index contributed by atoms with van der Waals surface area (Å²) in [6.45, 7) is 0. The van der Waals surface area contributed by atoms with E-state index in [0.717, 1.165) is 12.1 Å². The van der Waals surface area contributed by atoms with Crippen LogP contribution in [0.4, 0.5) is 18.9 Å². The van der Waals surface area contributed by atoms with E-state index in [0.29, 0.717) is 10.7 Å². The highest BCUT2D eigenvalue weighted by atomic mass is 35.5. The molecule has 0 saturated heterocycles. The number of amides is 1. The van der Waals surface area contributed by atoms with E-state index in [1.165, 1.54) is 41.0 Å². The van der Waals surface area contributed by atoms with Crippen molar-refractivity contribution in [3.8, 4) is 11.6 Å². The zero-order valence-electron chi connectivity index (χ0n) is 15.2. The van der Waals surface area contributed by atoms with Crippen LogP contribution in [0.15, 0.2) is 48.7 Å². The first-order chi connectivity index (χ1) is 13.6. The van der Waals surface area contributed by atoms with Gasteiger partial charge in [-0.25, -0.2) is 0 Å². The molecule has 0 unspecified atom stereocenters. The maximum atomic E-state index is 13.0. The van der Waals surface area contributed by atoms with Gasteiger partial charge in [0.2, 0.25) is 0 Å². The van der Waals surface area contributed by atoms with E-state index in [2.05, 4.69) is 5.10 Å². The smallest absolute Gasteiger partial charge is 0.416 e. The second kappa shape index (κ2) is 7.96. The Morgan fingerprint density at radius 2 is 1.90 bits per heavy atom. The molecule has 0 aliphatic heterocycles. The highest BCUT2D eigenvalue weighted by molar-refractivity contribution is 6.37. The number of alkyl halides is 3. The van der Waals surface area contributed by atoms with E-state index < -0.39 is 17.6 Å². The van der Waals surface area contributed by atoms with Gasteiger partial charge >= 0.3 is 6.18 Å². The average molecular weight is 444 g/mol. The Balaban J connectivity index is 1.92. The molecular formula is C19H14Cl2F3N3O2. The van der Waals surface area contributed by atoms with Crippen molar-refractivity contribution < 1.29 is 22.7 Å². The lowest BCUT2D eigenvalue weighted by atomic mass is 10.2. The second-order valence-electron chi connectivity index (χ2n) is 6.11. The topological polar surface area (TPSA) is 47.4 Å². The van der Waals surface area contributed by atoms with E-state index in [1.54, 1.807) is 19.2 Å². The summed E-state index contributed by atoms with van der Waals surface area (Å²) in [5, 5.41) is 4.72. The van der Waals surface area contributed by atoms with Crippen molar-refractivity contribution in [2.24, 2.45) is 7.05 Å². The summed E-state index contributed by atoms with van der Waals surface area (Å²) in [5.74, 6) is -0.738. The zero-order valence-corrected chi connectivity index (χ0v) is 16.7. The standard InChI is InChI=1S/C19H14Cl2F3N3O2/c1-26-10-14(18(28)27(2)16-7-6-12(20)9-15(16)21)17(25-26)29-13-5-3-4-11(8-13)19(22,23)24/h3-10H,1-2H3. The van der Waals surface area contributed by atoms with Crippen LogP contribution in [0.1, 0.15) is 15.9 Å². The molecule has 152 valence electrons. The Hall–Kier alpha value is -2.71. The fourth-order valence-corrected chi connectivity index (χ4v) is 3.12. The minimum atomic E-state index is -4.52. The van der Waals surface area contributed by atoms with Gasteiger partial charge in [-0.3, -0.25) is 9.48 Å². The van der Waals surface area contributed by atoms with Gasteiger partial charge in [0.1, 0.15) is 11.3 Å². The molecule has 0 bridgehead atoms. The molecule has 3 rings (SSSR count). The average Bonchev–Trinajstić information content (AvgIpc) is 3.00. The van der Waals surface area contributed by atoms with Crippen LogP contribution in [0.2, 0.25) is 10.0 Å². The summed E-state index contributed by atoms with van der Waals surface area (Å²) < 4.78 is 45.6. The molecule has 29 heavy (non-hydrogen) atoms. The van der Waals surface area contributed by atoms with E-state index in [9.17, 15) is 18.0 Å². The first-order valence-electron chi connectivity index (χ1n) is 8.18.